The molecule has 0 spiro atoms. The maximum absolute atomic E-state index is 14.1. The summed E-state index contributed by atoms with van der Waals surface area (Å²) in [5.74, 6) is -0.746. The lowest BCUT2D eigenvalue weighted by molar-refractivity contribution is -0.385. The molecule has 0 saturated carbocycles. The van der Waals surface area contributed by atoms with Crippen LogP contribution in [0.5, 0.6) is 5.75 Å². The molecule has 1 N–H and O–H groups in total. The molecule has 0 saturated heterocycles. The highest BCUT2D eigenvalue weighted by molar-refractivity contribution is 5.95. The summed E-state index contributed by atoms with van der Waals surface area (Å²) in [6.07, 6.45) is 0. The number of carbonyl (C=O) groups excluding carboxylic acids is 1. The van der Waals surface area contributed by atoms with E-state index in [-0.39, 0.29) is 11.1 Å². The maximum atomic E-state index is 14.1. The number of ether oxygens (including phenoxy) is 1. The molecule has 3 aromatic carbocycles. The summed E-state index contributed by atoms with van der Waals surface area (Å²) in [4.78, 5) is 23.3. The molecular weight excluding hydrogens is 375 g/mol. The van der Waals surface area contributed by atoms with Gasteiger partial charge in [-0.1, -0.05) is 42.5 Å². The van der Waals surface area contributed by atoms with Crippen LogP contribution in [-0.2, 0) is 0 Å². The van der Waals surface area contributed by atoms with Gasteiger partial charge in [-0.3, -0.25) is 14.9 Å². The average Bonchev–Trinajstić information content (AvgIpc) is 2.74. The van der Waals surface area contributed by atoms with Crippen molar-refractivity contribution in [1.29, 1.82) is 0 Å². The molecule has 148 valence electrons. The molecular formula is C22H19FN2O4. The van der Waals surface area contributed by atoms with Gasteiger partial charge in [-0.25, -0.2) is 4.39 Å². The van der Waals surface area contributed by atoms with Gasteiger partial charge in [0.15, 0.2) is 0 Å². The number of rotatable bonds is 6. The Morgan fingerprint density at radius 3 is 2.28 bits per heavy atom. The molecule has 0 fully saturated rings. The highest BCUT2D eigenvalue weighted by Crippen LogP contribution is 2.26. The second-order valence-corrected chi connectivity index (χ2v) is 6.45. The van der Waals surface area contributed by atoms with E-state index in [1.54, 1.807) is 19.2 Å². The molecule has 7 heteroatoms. The van der Waals surface area contributed by atoms with Gasteiger partial charge in [-0.05, 0) is 36.2 Å². The van der Waals surface area contributed by atoms with Gasteiger partial charge in [-0.15, -0.1) is 0 Å². The summed E-state index contributed by atoms with van der Waals surface area (Å²) in [6.45, 7) is 1.30. The molecule has 3 rings (SSSR count). The second kappa shape index (κ2) is 8.52. The van der Waals surface area contributed by atoms with E-state index in [1.165, 1.54) is 6.92 Å². The molecule has 1 unspecified atom stereocenters. The lowest BCUT2D eigenvalue weighted by Gasteiger charge is -2.20. The van der Waals surface area contributed by atoms with E-state index in [0.29, 0.717) is 5.75 Å². The van der Waals surface area contributed by atoms with Crippen LogP contribution >= 0.6 is 0 Å². The average molecular weight is 394 g/mol. The number of hydrogen-bond acceptors (Lipinski definition) is 4. The Hall–Kier alpha value is -3.74. The van der Waals surface area contributed by atoms with Crippen LogP contribution in [0.2, 0.25) is 0 Å². The number of hydrogen-bond donors (Lipinski definition) is 1. The van der Waals surface area contributed by atoms with Gasteiger partial charge in [0.1, 0.15) is 11.6 Å². The molecule has 6 nitrogen and oxygen atoms in total. The number of carbonyl (C=O) groups is 1. The van der Waals surface area contributed by atoms with Crippen molar-refractivity contribution < 1.29 is 18.8 Å². The van der Waals surface area contributed by atoms with E-state index in [9.17, 15) is 19.3 Å². The summed E-state index contributed by atoms with van der Waals surface area (Å²) in [5.41, 5.74) is 0.937. The highest BCUT2D eigenvalue weighted by atomic mass is 19.1. The number of nitro benzene ring substituents is 1. The Morgan fingerprint density at radius 2 is 1.69 bits per heavy atom. The third kappa shape index (κ3) is 4.40. The molecule has 1 amide bonds. The third-order valence-corrected chi connectivity index (χ3v) is 4.63. The number of halogens is 1. The van der Waals surface area contributed by atoms with Gasteiger partial charge in [0.25, 0.3) is 11.6 Å². The zero-order chi connectivity index (χ0) is 21.0. The molecule has 0 radical (unpaired) electrons. The van der Waals surface area contributed by atoms with Crippen molar-refractivity contribution in [2.24, 2.45) is 0 Å². The fourth-order valence-electron chi connectivity index (χ4n) is 3.00. The van der Waals surface area contributed by atoms with E-state index in [1.807, 2.05) is 42.5 Å². The molecule has 0 aromatic heterocycles. The summed E-state index contributed by atoms with van der Waals surface area (Å²) in [5, 5.41) is 14.0. The minimum absolute atomic E-state index is 0.110. The Labute approximate surface area is 167 Å². The van der Waals surface area contributed by atoms with Crippen LogP contribution in [0.4, 0.5) is 10.1 Å². The van der Waals surface area contributed by atoms with E-state index < -0.39 is 28.4 Å². The Morgan fingerprint density at radius 1 is 1.07 bits per heavy atom. The van der Waals surface area contributed by atoms with Gasteiger partial charge in [0, 0.05) is 11.6 Å². The summed E-state index contributed by atoms with van der Waals surface area (Å²) >= 11 is 0. The first-order valence-corrected chi connectivity index (χ1v) is 8.85. The molecule has 1 atom stereocenters. The maximum Gasteiger partial charge on any atom is 0.276 e. The Bertz CT molecular complexity index is 1040. The molecule has 0 heterocycles. The smallest absolute Gasteiger partial charge is 0.276 e. The number of nitrogens with zero attached hydrogens (tertiary/aromatic N) is 1. The van der Waals surface area contributed by atoms with Gasteiger partial charge in [-0.2, -0.15) is 0 Å². The highest BCUT2D eigenvalue weighted by Gasteiger charge is 2.22. The van der Waals surface area contributed by atoms with Crippen LogP contribution in [0.15, 0.2) is 66.7 Å². The monoisotopic (exact) mass is 394 g/mol. The van der Waals surface area contributed by atoms with Crippen LogP contribution < -0.4 is 10.1 Å². The summed E-state index contributed by atoms with van der Waals surface area (Å²) in [6, 6.07) is 18.0. The number of benzene rings is 3. The normalized spacial score (nSPS) is 11.6. The zero-order valence-electron chi connectivity index (χ0n) is 15.9. The van der Waals surface area contributed by atoms with Gasteiger partial charge >= 0.3 is 0 Å². The van der Waals surface area contributed by atoms with Gasteiger partial charge in [0.05, 0.1) is 23.6 Å². The standard InChI is InChI=1S/C22H19FN2O4/c1-14-19(23)12-17(13-20(14)25(27)28)22(26)24-21(15-6-4-3-5-7-15)16-8-10-18(29-2)11-9-16/h3-13,21H,1-2H3,(H,24,26). The van der Waals surface area contributed by atoms with E-state index in [2.05, 4.69) is 5.32 Å². The minimum atomic E-state index is -0.801. The number of nitro groups is 1. The zero-order valence-corrected chi connectivity index (χ0v) is 15.9. The lowest BCUT2D eigenvalue weighted by atomic mass is 9.98. The van der Waals surface area contributed by atoms with Crippen molar-refractivity contribution >= 4 is 11.6 Å². The molecule has 0 aliphatic rings. The molecule has 0 aliphatic heterocycles. The Kier molecular flexibility index (Phi) is 5.87. The van der Waals surface area contributed by atoms with E-state index >= 15 is 0 Å². The Balaban J connectivity index is 1.98. The molecule has 0 aliphatic carbocycles. The predicted molar refractivity (Wildman–Crippen MR) is 107 cm³/mol. The van der Waals surface area contributed by atoms with E-state index in [0.717, 1.165) is 23.3 Å². The number of nitrogens with one attached hydrogen (secondary N) is 1. The quantitative estimate of drug-likeness (QED) is 0.490. The first-order chi connectivity index (χ1) is 13.9. The fourth-order valence-corrected chi connectivity index (χ4v) is 3.00. The van der Waals surface area contributed by atoms with Crippen LogP contribution in [0.3, 0.4) is 0 Å². The first kappa shape index (κ1) is 20.0. The summed E-state index contributed by atoms with van der Waals surface area (Å²) < 4.78 is 19.3. The van der Waals surface area contributed by atoms with Crippen LogP contribution in [0.1, 0.15) is 33.1 Å². The van der Waals surface area contributed by atoms with Crippen molar-refractivity contribution in [3.8, 4) is 5.75 Å². The van der Waals surface area contributed by atoms with Crippen molar-refractivity contribution in [1.82, 2.24) is 5.32 Å². The van der Waals surface area contributed by atoms with Crippen molar-refractivity contribution in [3.63, 3.8) is 0 Å². The third-order valence-electron chi connectivity index (χ3n) is 4.63. The van der Waals surface area contributed by atoms with Crippen molar-refractivity contribution in [2.75, 3.05) is 7.11 Å². The molecule has 29 heavy (non-hydrogen) atoms. The lowest BCUT2D eigenvalue weighted by Crippen LogP contribution is -2.29. The largest absolute Gasteiger partial charge is 0.497 e. The fraction of sp³-hybridized carbons (Fsp3) is 0.136. The minimum Gasteiger partial charge on any atom is -0.497 e. The SMILES string of the molecule is COc1ccc(C(NC(=O)c2cc(F)c(C)c([N+](=O)[O-])c2)c2ccccc2)cc1. The number of amides is 1. The summed E-state index contributed by atoms with van der Waals surface area (Å²) in [7, 11) is 1.56. The topological polar surface area (TPSA) is 81.5 Å². The predicted octanol–water partition coefficient (Wildman–Crippen LogP) is 4.57. The van der Waals surface area contributed by atoms with Crippen LogP contribution in [-0.4, -0.2) is 17.9 Å². The van der Waals surface area contributed by atoms with Gasteiger partial charge < -0.3 is 10.1 Å². The van der Waals surface area contributed by atoms with Crippen LogP contribution in [0.25, 0.3) is 0 Å². The van der Waals surface area contributed by atoms with Crippen molar-refractivity contribution in [2.45, 2.75) is 13.0 Å². The number of methoxy groups -OCH3 is 1. The van der Waals surface area contributed by atoms with Crippen molar-refractivity contribution in [3.05, 3.63) is 105 Å². The van der Waals surface area contributed by atoms with Gasteiger partial charge in [0.2, 0.25) is 0 Å². The molecule has 3 aromatic rings. The molecule has 0 bridgehead atoms. The van der Waals surface area contributed by atoms with E-state index in [4.69, 9.17) is 4.74 Å². The van der Waals surface area contributed by atoms with Crippen LogP contribution in [0, 0.1) is 22.9 Å². The first-order valence-electron chi connectivity index (χ1n) is 8.85. The second-order valence-electron chi connectivity index (χ2n) is 6.45.